The van der Waals surface area contributed by atoms with Crippen LogP contribution in [-0.2, 0) is 6.61 Å². The van der Waals surface area contributed by atoms with Gasteiger partial charge in [0.25, 0.3) is 0 Å². The van der Waals surface area contributed by atoms with E-state index < -0.39 is 0 Å². The fraction of sp³-hybridized carbons (Fsp3) is 0.188. The number of rotatable bonds is 5. The van der Waals surface area contributed by atoms with Crippen molar-refractivity contribution in [3.05, 3.63) is 59.2 Å². The number of ether oxygens (including phenoxy) is 2. The Morgan fingerprint density at radius 3 is 2.76 bits per heavy atom. The van der Waals surface area contributed by atoms with E-state index in [9.17, 15) is 0 Å². The largest absolute Gasteiger partial charge is 0.497 e. The van der Waals surface area contributed by atoms with Gasteiger partial charge in [0.05, 0.1) is 7.11 Å². The summed E-state index contributed by atoms with van der Waals surface area (Å²) in [4.78, 5) is 0. The first-order chi connectivity index (χ1) is 10.1. The molecule has 0 aromatic heterocycles. The highest BCUT2D eigenvalue weighted by Crippen LogP contribution is 2.21. The molecule has 0 atom stereocenters. The van der Waals surface area contributed by atoms with Crippen LogP contribution in [0.4, 0.5) is 0 Å². The molecule has 0 saturated heterocycles. The second-order valence-corrected chi connectivity index (χ2v) is 4.61. The smallest absolute Gasteiger partial charge is 0.170 e. The van der Waals surface area contributed by atoms with E-state index >= 15 is 0 Å². The molecule has 0 aliphatic carbocycles. The molecule has 2 aromatic carbocycles. The lowest BCUT2D eigenvalue weighted by Crippen LogP contribution is -2.13. The standard InChI is InChI=1S/C16H18N2O3/c1-11-6-7-13(16(17)18-19)9-15(11)21-10-12-4-3-5-14(8-12)20-2/h3-9,19H,10H2,1-2H3,(H2,17,18). The molecule has 5 nitrogen and oxygen atoms in total. The van der Waals surface area contributed by atoms with Crippen LogP contribution in [0.2, 0.25) is 0 Å². The molecular formula is C16H18N2O3. The lowest BCUT2D eigenvalue weighted by molar-refractivity contribution is 0.303. The van der Waals surface area contributed by atoms with E-state index in [-0.39, 0.29) is 5.84 Å². The van der Waals surface area contributed by atoms with Crippen molar-refractivity contribution in [3.8, 4) is 11.5 Å². The third kappa shape index (κ3) is 3.66. The summed E-state index contributed by atoms with van der Waals surface area (Å²) in [6.45, 7) is 2.36. The predicted molar refractivity (Wildman–Crippen MR) is 81.0 cm³/mol. The maximum atomic E-state index is 8.72. The number of benzene rings is 2. The van der Waals surface area contributed by atoms with E-state index in [0.29, 0.717) is 17.9 Å². The number of nitrogens with two attached hydrogens (primary N) is 1. The highest BCUT2D eigenvalue weighted by molar-refractivity contribution is 5.97. The Bertz CT molecular complexity index is 654. The van der Waals surface area contributed by atoms with Crippen LogP contribution >= 0.6 is 0 Å². The van der Waals surface area contributed by atoms with Crippen molar-refractivity contribution in [2.75, 3.05) is 7.11 Å². The first-order valence-corrected chi connectivity index (χ1v) is 6.48. The number of aryl methyl sites for hydroxylation is 1. The Kier molecular flexibility index (Phi) is 4.66. The minimum atomic E-state index is 0.0567. The van der Waals surface area contributed by atoms with Crippen LogP contribution in [0.1, 0.15) is 16.7 Å². The molecule has 0 aliphatic heterocycles. The average molecular weight is 286 g/mol. The number of amidine groups is 1. The van der Waals surface area contributed by atoms with Crippen LogP contribution in [0.15, 0.2) is 47.6 Å². The lowest BCUT2D eigenvalue weighted by atomic mass is 10.1. The van der Waals surface area contributed by atoms with Crippen molar-refractivity contribution >= 4 is 5.84 Å². The number of methoxy groups -OCH3 is 1. The molecule has 0 amide bonds. The molecule has 0 fully saturated rings. The van der Waals surface area contributed by atoms with Gasteiger partial charge in [-0.3, -0.25) is 0 Å². The van der Waals surface area contributed by atoms with Gasteiger partial charge < -0.3 is 20.4 Å². The molecule has 0 aliphatic rings. The van der Waals surface area contributed by atoms with E-state index in [1.807, 2.05) is 37.3 Å². The van der Waals surface area contributed by atoms with Crippen molar-refractivity contribution in [2.24, 2.45) is 10.9 Å². The summed E-state index contributed by atoms with van der Waals surface area (Å²) < 4.78 is 11.0. The topological polar surface area (TPSA) is 77.1 Å². The number of nitrogens with zero attached hydrogens (tertiary/aromatic N) is 1. The van der Waals surface area contributed by atoms with E-state index in [0.717, 1.165) is 16.9 Å². The number of hydrogen-bond donors (Lipinski definition) is 2. The van der Waals surface area contributed by atoms with Crippen LogP contribution in [0.3, 0.4) is 0 Å². The Hall–Kier alpha value is -2.69. The van der Waals surface area contributed by atoms with Crippen LogP contribution in [0, 0.1) is 6.92 Å². The van der Waals surface area contributed by atoms with Gasteiger partial charge in [0.15, 0.2) is 5.84 Å². The number of oxime groups is 1. The molecule has 3 N–H and O–H groups in total. The fourth-order valence-electron chi connectivity index (χ4n) is 1.90. The maximum Gasteiger partial charge on any atom is 0.170 e. The quantitative estimate of drug-likeness (QED) is 0.383. The minimum Gasteiger partial charge on any atom is -0.497 e. The van der Waals surface area contributed by atoms with Gasteiger partial charge >= 0.3 is 0 Å². The summed E-state index contributed by atoms with van der Waals surface area (Å²) in [5, 5.41) is 11.7. The summed E-state index contributed by atoms with van der Waals surface area (Å²) in [5.41, 5.74) is 8.18. The van der Waals surface area contributed by atoms with Crippen molar-refractivity contribution in [2.45, 2.75) is 13.5 Å². The summed E-state index contributed by atoms with van der Waals surface area (Å²) in [6, 6.07) is 13.1. The molecule has 110 valence electrons. The lowest BCUT2D eigenvalue weighted by Gasteiger charge is -2.11. The van der Waals surface area contributed by atoms with Crippen LogP contribution in [0.5, 0.6) is 11.5 Å². The summed E-state index contributed by atoms with van der Waals surface area (Å²) in [7, 11) is 1.63. The molecule has 5 heteroatoms. The molecule has 21 heavy (non-hydrogen) atoms. The average Bonchev–Trinajstić information content (AvgIpc) is 2.53. The first-order valence-electron chi connectivity index (χ1n) is 6.48. The molecule has 0 unspecified atom stereocenters. The second kappa shape index (κ2) is 6.65. The second-order valence-electron chi connectivity index (χ2n) is 4.61. The number of hydrogen-bond acceptors (Lipinski definition) is 4. The summed E-state index contributed by atoms with van der Waals surface area (Å²) >= 11 is 0. The third-order valence-corrected chi connectivity index (χ3v) is 3.12. The van der Waals surface area contributed by atoms with E-state index in [1.54, 1.807) is 19.2 Å². The Morgan fingerprint density at radius 2 is 2.05 bits per heavy atom. The Balaban J connectivity index is 2.15. The molecule has 2 rings (SSSR count). The minimum absolute atomic E-state index is 0.0567. The predicted octanol–water partition coefficient (Wildman–Crippen LogP) is 2.68. The Morgan fingerprint density at radius 1 is 1.24 bits per heavy atom. The maximum absolute atomic E-state index is 8.72. The molecule has 0 spiro atoms. The molecule has 0 heterocycles. The molecular weight excluding hydrogens is 268 g/mol. The van der Waals surface area contributed by atoms with E-state index in [1.165, 1.54) is 0 Å². The van der Waals surface area contributed by atoms with Crippen molar-refractivity contribution in [1.29, 1.82) is 0 Å². The molecule has 0 bridgehead atoms. The van der Waals surface area contributed by atoms with Gasteiger partial charge in [-0.2, -0.15) is 0 Å². The van der Waals surface area contributed by atoms with Gasteiger partial charge in [0.1, 0.15) is 18.1 Å². The third-order valence-electron chi connectivity index (χ3n) is 3.12. The van der Waals surface area contributed by atoms with Crippen LogP contribution in [0.25, 0.3) is 0 Å². The molecule has 2 aromatic rings. The zero-order chi connectivity index (χ0) is 15.2. The first kappa shape index (κ1) is 14.7. The van der Waals surface area contributed by atoms with Gasteiger partial charge in [0, 0.05) is 5.56 Å². The zero-order valence-corrected chi connectivity index (χ0v) is 12.0. The SMILES string of the molecule is COc1cccc(COc2cc(/C(N)=N/O)ccc2C)c1. The van der Waals surface area contributed by atoms with Crippen LogP contribution < -0.4 is 15.2 Å². The van der Waals surface area contributed by atoms with Gasteiger partial charge in [-0.15, -0.1) is 0 Å². The van der Waals surface area contributed by atoms with Gasteiger partial charge in [0.2, 0.25) is 0 Å². The monoisotopic (exact) mass is 286 g/mol. The Labute approximate surface area is 123 Å². The molecule has 0 radical (unpaired) electrons. The van der Waals surface area contributed by atoms with Crippen LogP contribution in [-0.4, -0.2) is 18.2 Å². The van der Waals surface area contributed by atoms with Gasteiger partial charge in [-0.1, -0.05) is 29.4 Å². The van der Waals surface area contributed by atoms with Gasteiger partial charge in [-0.25, -0.2) is 0 Å². The van der Waals surface area contributed by atoms with Gasteiger partial charge in [-0.05, 0) is 36.2 Å². The summed E-state index contributed by atoms with van der Waals surface area (Å²) in [6.07, 6.45) is 0. The van der Waals surface area contributed by atoms with Crippen molar-refractivity contribution in [3.63, 3.8) is 0 Å². The van der Waals surface area contributed by atoms with E-state index in [4.69, 9.17) is 20.4 Å². The highest BCUT2D eigenvalue weighted by Gasteiger charge is 2.06. The molecule has 0 saturated carbocycles. The normalized spacial score (nSPS) is 11.2. The van der Waals surface area contributed by atoms with Crippen molar-refractivity contribution < 1.29 is 14.7 Å². The highest BCUT2D eigenvalue weighted by atomic mass is 16.5. The fourth-order valence-corrected chi connectivity index (χ4v) is 1.90. The van der Waals surface area contributed by atoms with E-state index in [2.05, 4.69) is 5.16 Å². The summed E-state index contributed by atoms with van der Waals surface area (Å²) in [5.74, 6) is 1.54. The zero-order valence-electron chi connectivity index (χ0n) is 12.0. The van der Waals surface area contributed by atoms with Crippen molar-refractivity contribution in [1.82, 2.24) is 0 Å².